The average molecular weight is 356 g/mol. The van der Waals surface area contributed by atoms with Gasteiger partial charge in [-0.3, -0.25) is 0 Å². The number of carbonyl (C=O) groups excluding carboxylic acids is 1. The van der Waals surface area contributed by atoms with Crippen LogP contribution < -0.4 is 19.9 Å². The second-order valence-electron chi connectivity index (χ2n) is 6.27. The van der Waals surface area contributed by atoms with E-state index in [1.807, 2.05) is 49.3 Å². The van der Waals surface area contributed by atoms with Crippen molar-refractivity contribution >= 4 is 23.2 Å². The van der Waals surface area contributed by atoms with E-state index in [4.69, 9.17) is 4.74 Å². The van der Waals surface area contributed by atoms with Gasteiger partial charge in [-0.05, 0) is 12.1 Å². The highest BCUT2D eigenvalue weighted by Gasteiger charge is 2.23. The third kappa shape index (κ3) is 3.96. The zero-order valence-corrected chi connectivity index (χ0v) is 15.3. The summed E-state index contributed by atoms with van der Waals surface area (Å²) in [5, 5.41) is 11.2. The number of para-hydroxylation sites is 2. The lowest BCUT2D eigenvalue weighted by Gasteiger charge is -2.35. The number of anilines is 3. The number of piperazine rings is 1. The van der Waals surface area contributed by atoms with Gasteiger partial charge in [0.25, 0.3) is 0 Å². The van der Waals surface area contributed by atoms with Gasteiger partial charge in [-0.15, -0.1) is 5.10 Å². The van der Waals surface area contributed by atoms with Gasteiger partial charge in [-0.1, -0.05) is 12.1 Å². The minimum Gasteiger partial charge on any atom is -0.495 e. The van der Waals surface area contributed by atoms with E-state index in [2.05, 4.69) is 20.4 Å². The molecule has 0 spiro atoms. The lowest BCUT2D eigenvalue weighted by Crippen LogP contribution is -2.50. The van der Waals surface area contributed by atoms with Crippen LogP contribution in [0.15, 0.2) is 36.5 Å². The highest BCUT2D eigenvalue weighted by atomic mass is 16.5. The summed E-state index contributed by atoms with van der Waals surface area (Å²) in [6.45, 7) is 2.67. The van der Waals surface area contributed by atoms with E-state index in [-0.39, 0.29) is 6.03 Å². The maximum atomic E-state index is 12.5. The topological polar surface area (TPSA) is 73.8 Å². The molecule has 0 aliphatic carbocycles. The predicted octanol–water partition coefficient (Wildman–Crippen LogP) is 1.91. The summed E-state index contributed by atoms with van der Waals surface area (Å²) in [6, 6.07) is 9.28. The lowest BCUT2D eigenvalue weighted by molar-refractivity contribution is 0.208. The molecular formula is C18H24N6O2. The van der Waals surface area contributed by atoms with Crippen LogP contribution in [0, 0.1) is 0 Å². The van der Waals surface area contributed by atoms with Crippen LogP contribution >= 0.6 is 0 Å². The van der Waals surface area contributed by atoms with E-state index in [1.165, 1.54) is 0 Å². The molecule has 26 heavy (non-hydrogen) atoms. The lowest BCUT2D eigenvalue weighted by atomic mass is 10.3. The molecule has 8 heteroatoms. The molecule has 2 heterocycles. The number of rotatable bonds is 4. The highest BCUT2D eigenvalue weighted by molar-refractivity contribution is 5.91. The first-order valence-corrected chi connectivity index (χ1v) is 8.52. The fourth-order valence-corrected chi connectivity index (χ4v) is 2.83. The van der Waals surface area contributed by atoms with Gasteiger partial charge in [-0.25, -0.2) is 4.79 Å². The molecule has 0 unspecified atom stereocenters. The Kier molecular flexibility index (Phi) is 5.40. The summed E-state index contributed by atoms with van der Waals surface area (Å²) in [5.74, 6) is 1.48. The quantitative estimate of drug-likeness (QED) is 0.902. The number of benzene rings is 1. The number of methoxy groups -OCH3 is 1. The van der Waals surface area contributed by atoms with Gasteiger partial charge in [-0.2, -0.15) is 5.10 Å². The van der Waals surface area contributed by atoms with Crippen molar-refractivity contribution in [2.75, 3.05) is 62.5 Å². The number of nitrogens with zero attached hydrogens (tertiary/aromatic N) is 5. The van der Waals surface area contributed by atoms with Gasteiger partial charge in [0.15, 0.2) is 5.82 Å². The van der Waals surface area contributed by atoms with Crippen LogP contribution in [-0.4, -0.2) is 68.5 Å². The summed E-state index contributed by atoms with van der Waals surface area (Å²) in [6.07, 6.45) is 1.74. The van der Waals surface area contributed by atoms with Gasteiger partial charge in [0.1, 0.15) is 5.75 Å². The maximum Gasteiger partial charge on any atom is 0.322 e. The molecule has 1 N–H and O–H groups in total. The van der Waals surface area contributed by atoms with Crippen LogP contribution in [0.5, 0.6) is 5.75 Å². The molecule has 138 valence electrons. The molecule has 8 nitrogen and oxygen atoms in total. The highest BCUT2D eigenvalue weighted by Crippen LogP contribution is 2.24. The fourth-order valence-electron chi connectivity index (χ4n) is 2.83. The molecule has 1 saturated heterocycles. The van der Waals surface area contributed by atoms with E-state index < -0.39 is 0 Å². The standard InChI is InChI=1S/C18H24N6O2/c1-22(2)14-12-17(21-19-13-14)23-8-10-24(11-9-23)18(25)20-15-6-4-5-7-16(15)26-3/h4-7,12-13H,8-11H2,1-3H3,(H,20,25). The number of amides is 2. The average Bonchev–Trinajstić information content (AvgIpc) is 2.68. The van der Waals surface area contributed by atoms with Crippen LogP contribution in [0.2, 0.25) is 0 Å². The zero-order chi connectivity index (χ0) is 18.5. The Morgan fingerprint density at radius 1 is 1.19 bits per heavy atom. The van der Waals surface area contributed by atoms with Crippen molar-refractivity contribution in [2.24, 2.45) is 0 Å². The van der Waals surface area contributed by atoms with E-state index in [0.717, 1.165) is 11.5 Å². The predicted molar refractivity (Wildman–Crippen MR) is 102 cm³/mol. The second kappa shape index (κ2) is 7.90. The Morgan fingerprint density at radius 2 is 1.92 bits per heavy atom. The van der Waals surface area contributed by atoms with E-state index in [0.29, 0.717) is 37.6 Å². The Morgan fingerprint density at radius 3 is 2.62 bits per heavy atom. The van der Waals surface area contributed by atoms with Gasteiger partial charge in [0.2, 0.25) is 0 Å². The van der Waals surface area contributed by atoms with Gasteiger partial charge in [0.05, 0.1) is 24.7 Å². The molecule has 0 saturated carbocycles. The Bertz CT molecular complexity index is 759. The molecular weight excluding hydrogens is 332 g/mol. The number of aromatic nitrogens is 2. The Hall–Kier alpha value is -3.03. The zero-order valence-electron chi connectivity index (χ0n) is 15.3. The molecule has 1 fully saturated rings. The first kappa shape index (κ1) is 17.8. The first-order valence-electron chi connectivity index (χ1n) is 8.52. The third-order valence-corrected chi connectivity index (χ3v) is 4.38. The van der Waals surface area contributed by atoms with E-state index in [1.54, 1.807) is 18.2 Å². The second-order valence-corrected chi connectivity index (χ2v) is 6.27. The van der Waals surface area contributed by atoms with Crippen LogP contribution in [0.1, 0.15) is 0 Å². The third-order valence-electron chi connectivity index (χ3n) is 4.38. The van der Waals surface area contributed by atoms with Crippen molar-refractivity contribution in [1.29, 1.82) is 0 Å². The van der Waals surface area contributed by atoms with Crippen molar-refractivity contribution in [3.8, 4) is 5.75 Å². The van der Waals surface area contributed by atoms with Gasteiger partial charge >= 0.3 is 6.03 Å². The van der Waals surface area contributed by atoms with Crippen molar-refractivity contribution in [2.45, 2.75) is 0 Å². The van der Waals surface area contributed by atoms with Crippen LogP contribution in [0.25, 0.3) is 0 Å². The molecule has 1 aromatic heterocycles. The normalized spacial score (nSPS) is 14.1. The molecule has 1 aliphatic rings. The van der Waals surface area contributed by atoms with E-state index in [9.17, 15) is 4.79 Å². The summed E-state index contributed by atoms with van der Waals surface area (Å²) >= 11 is 0. The number of hydrogen-bond donors (Lipinski definition) is 1. The molecule has 3 rings (SSSR count). The molecule has 2 aromatic rings. The maximum absolute atomic E-state index is 12.5. The van der Waals surface area contributed by atoms with Crippen molar-refractivity contribution < 1.29 is 9.53 Å². The number of ether oxygens (including phenoxy) is 1. The summed E-state index contributed by atoms with van der Waals surface area (Å²) in [4.78, 5) is 18.5. The Balaban J connectivity index is 1.59. The smallest absolute Gasteiger partial charge is 0.322 e. The van der Waals surface area contributed by atoms with Crippen molar-refractivity contribution in [3.05, 3.63) is 36.5 Å². The summed E-state index contributed by atoms with van der Waals surface area (Å²) in [5.41, 5.74) is 1.68. The van der Waals surface area contributed by atoms with Gasteiger partial charge < -0.3 is 24.8 Å². The van der Waals surface area contributed by atoms with Crippen molar-refractivity contribution in [3.63, 3.8) is 0 Å². The summed E-state index contributed by atoms with van der Waals surface area (Å²) < 4.78 is 5.28. The first-order chi connectivity index (χ1) is 12.6. The summed E-state index contributed by atoms with van der Waals surface area (Å²) in [7, 11) is 5.54. The SMILES string of the molecule is COc1ccccc1NC(=O)N1CCN(c2cc(N(C)C)cnn2)CC1. The molecule has 0 atom stereocenters. The molecule has 0 radical (unpaired) electrons. The molecule has 1 aromatic carbocycles. The van der Waals surface area contributed by atoms with Crippen LogP contribution in [-0.2, 0) is 0 Å². The molecule has 1 aliphatic heterocycles. The minimum absolute atomic E-state index is 0.123. The Labute approximate surface area is 153 Å². The van der Waals surface area contributed by atoms with Crippen LogP contribution in [0.3, 0.4) is 0 Å². The number of carbonyl (C=O) groups is 1. The minimum atomic E-state index is -0.123. The largest absolute Gasteiger partial charge is 0.495 e. The van der Waals surface area contributed by atoms with Crippen molar-refractivity contribution in [1.82, 2.24) is 15.1 Å². The monoisotopic (exact) mass is 356 g/mol. The number of hydrogen-bond acceptors (Lipinski definition) is 6. The van der Waals surface area contributed by atoms with E-state index >= 15 is 0 Å². The number of urea groups is 1. The fraction of sp³-hybridized carbons (Fsp3) is 0.389. The number of nitrogens with one attached hydrogen (secondary N) is 1. The molecule has 0 bridgehead atoms. The molecule has 2 amide bonds. The van der Waals surface area contributed by atoms with Gasteiger partial charge in [0, 0.05) is 46.3 Å². The van der Waals surface area contributed by atoms with Crippen LogP contribution in [0.4, 0.5) is 22.0 Å².